The van der Waals surface area contributed by atoms with Crippen LogP contribution in [0.3, 0.4) is 0 Å². The Morgan fingerprint density at radius 3 is 2.79 bits per heavy atom. The fourth-order valence-corrected chi connectivity index (χ4v) is 2.62. The van der Waals surface area contributed by atoms with Gasteiger partial charge in [-0.25, -0.2) is 4.98 Å². The number of nitrogens with zero attached hydrogens (tertiary/aromatic N) is 3. The summed E-state index contributed by atoms with van der Waals surface area (Å²) in [6.45, 7) is 4.45. The normalized spacial score (nSPS) is 12.5. The molecule has 0 fully saturated rings. The van der Waals surface area contributed by atoms with Gasteiger partial charge < -0.3 is 4.57 Å². The molecule has 100 valence electrons. The fraction of sp³-hybridized carbons (Fsp3) is 0.500. The van der Waals surface area contributed by atoms with E-state index in [-0.39, 0.29) is 0 Å². The monoisotopic (exact) mass is 255 g/mol. The number of rotatable bonds is 5. The van der Waals surface area contributed by atoms with Crippen LogP contribution in [0.1, 0.15) is 56.8 Å². The standard InChI is InChI=1S/C16H21N3/c1-4-6-7-13(5-2)16-18-14-10-12(11-17)8-9-15(14)19(16)3/h8-10,13H,4-7H2,1-3H3. The minimum absolute atomic E-state index is 0.517. The summed E-state index contributed by atoms with van der Waals surface area (Å²) in [7, 11) is 2.07. The SMILES string of the molecule is CCCCC(CC)c1nc2cc(C#N)ccc2n1C. The first kappa shape index (κ1) is 13.6. The van der Waals surface area contributed by atoms with Gasteiger partial charge in [0.15, 0.2) is 0 Å². The van der Waals surface area contributed by atoms with Gasteiger partial charge in [0.1, 0.15) is 5.82 Å². The summed E-state index contributed by atoms with van der Waals surface area (Å²) in [6, 6.07) is 7.92. The molecular formula is C16H21N3. The van der Waals surface area contributed by atoms with Crippen molar-refractivity contribution in [3.8, 4) is 6.07 Å². The summed E-state index contributed by atoms with van der Waals surface area (Å²) < 4.78 is 2.18. The molecule has 19 heavy (non-hydrogen) atoms. The number of imidazole rings is 1. The van der Waals surface area contributed by atoms with Crippen molar-refractivity contribution >= 4 is 11.0 Å². The quantitative estimate of drug-likeness (QED) is 0.806. The number of fused-ring (bicyclic) bond motifs is 1. The van der Waals surface area contributed by atoms with Crippen molar-refractivity contribution in [2.24, 2.45) is 7.05 Å². The molecule has 1 aromatic carbocycles. The maximum absolute atomic E-state index is 8.96. The number of hydrogen-bond acceptors (Lipinski definition) is 2. The van der Waals surface area contributed by atoms with Gasteiger partial charge >= 0.3 is 0 Å². The van der Waals surface area contributed by atoms with Crippen molar-refractivity contribution in [3.05, 3.63) is 29.6 Å². The van der Waals surface area contributed by atoms with Crippen molar-refractivity contribution < 1.29 is 0 Å². The third-order valence-electron chi connectivity index (χ3n) is 3.81. The first-order valence-corrected chi connectivity index (χ1v) is 7.07. The minimum Gasteiger partial charge on any atom is -0.331 e. The molecule has 3 heteroatoms. The molecule has 0 bridgehead atoms. The molecule has 0 radical (unpaired) electrons. The molecule has 0 aliphatic rings. The van der Waals surface area contributed by atoms with Crippen LogP contribution >= 0.6 is 0 Å². The van der Waals surface area contributed by atoms with Gasteiger partial charge in [-0.2, -0.15) is 5.26 Å². The Bertz CT molecular complexity index is 604. The molecule has 0 N–H and O–H groups in total. The Balaban J connectivity index is 2.43. The van der Waals surface area contributed by atoms with E-state index >= 15 is 0 Å². The van der Waals surface area contributed by atoms with Gasteiger partial charge in [0.25, 0.3) is 0 Å². The van der Waals surface area contributed by atoms with Crippen LogP contribution in [0.15, 0.2) is 18.2 Å². The zero-order valence-electron chi connectivity index (χ0n) is 12.0. The summed E-state index contributed by atoms with van der Waals surface area (Å²) in [5.74, 6) is 1.67. The average Bonchev–Trinajstić information content (AvgIpc) is 2.76. The number of aryl methyl sites for hydroxylation is 1. The Morgan fingerprint density at radius 1 is 1.37 bits per heavy atom. The Kier molecular flexibility index (Phi) is 4.21. The van der Waals surface area contributed by atoms with Crippen molar-refractivity contribution in [1.82, 2.24) is 9.55 Å². The Hall–Kier alpha value is -1.82. The van der Waals surface area contributed by atoms with Crippen LogP contribution in [0.2, 0.25) is 0 Å². The van der Waals surface area contributed by atoms with Gasteiger partial charge in [-0.15, -0.1) is 0 Å². The van der Waals surface area contributed by atoms with Crippen LogP contribution in [0.4, 0.5) is 0 Å². The van der Waals surface area contributed by atoms with Crippen LogP contribution in [0, 0.1) is 11.3 Å². The van der Waals surface area contributed by atoms with E-state index < -0.39 is 0 Å². The first-order valence-electron chi connectivity index (χ1n) is 7.07. The van der Waals surface area contributed by atoms with Gasteiger partial charge in [0.05, 0.1) is 22.7 Å². The molecule has 1 unspecified atom stereocenters. The Labute approximate surface area is 114 Å². The van der Waals surface area contributed by atoms with E-state index in [1.165, 1.54) is 19.3 Å². The van der Waals surface area contributed by atoms with E-state index in [0.717, 1.165) is 23.3 Å². The van der Waals surface area contributed by atoms with Crippen LogP contribution in [-0.2, 0) is 7.05 Å². The summed E-state index contributed by atoms with van der Waals surface area (Å²) in [5.41, 5.74) is 2.73. The van der Waals surface area contributed by atoms with Crippen molar-refractivity contribution in [2.75, 3.05) is 0 Å². The highest BCUT2D eigenvalue weighted by Gasteiger charge is 2.16. The number of aromatic nitrogens is 2. The summed E-state index contributed by atoms with van der Waals surface area (Å²) >= 11 is 0. The molecule has 2 aromatic rings. The highest BCUT2D eigenvalue weighted by Crippen LogP contribution is 2.27. The largest absolute Gasteiger partial charge is 0.331 e. The molecule has 3 nitrogen and oxygen atoms in total. The van der Waals surface area contributed by atoms with Crippen LogP contribution in [-0.4, -0.2) is 9.55 Å². The zero-order valence-corrected chi connectivity index (χ0v) is 12.0. The van der Waals surface area contributed by atoms with E-state index in [1.807, 2.05) is 18.2 Å². The average molecular weight is 255 g/mol. The van der Waals surface area contributed by atoms with Crippen molar-refractivity contribution in [1.29, 1.82) is 5.26 Å². The lowest BCUT2D eigenvalue weighted by Crippen LogP contribution is -2.05. The third kappa shape index (κ3) is 2.63. The van der Waals surface area contributed by atoms with Crippen LogP contribution in [0.5, 0.6) is 0 Å². The highest BCUT2D eigenvalue weighted by molar-refractivity contribution is 5.77. The van der Waals surface area contributed by atoms with Gasteiger partial charge in [-0.05, 0) is 31.0 Å². The fourth-order valence-electron chi connectivity index (χ4n) is 2.62. The smallest absolute Gasteiger partial charge is 0.112 e. The lowest BCUT2D eigenvalue weighted by atomic mass is 9.98. The second-order valence-corrected chi connectivity index (χ2v) is 5.09. The number of hydrogen-bond donors (Lipinski definition) is 0. The number of nitriles is 1. The molecule has 0 saturated heterocycles. The van der Waals surface area contributed by atoms with Crippen molar-refractivity contribution in [3.63, 3.8) is 0 Å². The van der Waals surface area contributed by atoms with Crippen molar-refractivity contribution in [2.45, 2.75) is 45.4 Å². The van der Waals surface area contributed by atoms with Crippen LogP contribution < -0.4 is 0 Å². The highest BCUT2D eigenvalue weighted by atomic mass is 15.1. The summed E-state index contributed by atoms with van der Waals surface area (Å²) in [4.78, 5) is 4.76. The summed E-state index contributed by atoms with van der Waals surface area (Å²) in [6.07, 6.45) is 4.77. The molecule has 2 rings (SSSR count). The van der Waals surface area contributed by atoms with E-state index in [0.29, 0.717) is 11.5 Å². The topological polar surface area (TPSA) is 41.6 Å². The van der Waals surface area contributed by atoms with E-state index in [9.17, 15) is 0 Å². The van der Waals surface area contributed by atoms with Gasteiger partial charge in [-0.3, -0.25) is 0 Å². The maximum atomic E-state index is 8.96. The van der Waals surface area contributed by atoms with Gasteiger partial charge in [0.2, 0.25) is 0 Å². The second-order valence-electron chi connectivity index (χ2n) is 5.09. The third-order valence-corrected chi connectivity index (χ3v) is 3.81. The molecule has 0 aliphatic heterocycles. The molecule has 0 amide bonds. The number of benzene rings is 1. The van der Waals surface area contributed by atoms with Gasteiger partial charge in [0, 0.05) is 13.0 Å². The molecule has 0 saturated carbocycles. The van der Waals surface area contributed by atoms with E-state index in [1.54, 1.807) is 0 Å². The first-order chi connectivity index (χ1) is 9.21. The minimum atomic E-state index is 0.517. The van der Waals surface area contributed by atoms with Crippen LogP contribution in [0.25, 0.3) is 11.0 Å². The molecule has 1 aromatic heterocycles. The molecule has 1 atom stereocenters. The lowest BCUT2D eigenvalue weighted by molar-refractivity contribution is 0.531. The predicted molar refractivity (Wildman–Crippen MR) is 78.0 cm³/mol. The molecule has 0 spiro atoms. The molecule has 1 heterocycles. The summed E-state index contributed by atoms with van der Waals surface area (Å²) in [5, 5.41) is 8.96. The molecular weight excluding hydrogens is 234 g/mol. The second kappa shape index (κ2) is 5.88. The predicted octanol–water partition coefficient (Wildman–Crippen LogP) is 4.13. The number of unbranched alkanes of at least 4 members (excludes halogenated alkanes) is 1. The maximum Gasteiger partial charge on any atom is 0.112 e. The molecule has 0 aliphatic carbocycles. The van der Waals surface area contributed by atoms with E-state index in [4.69, 9.17) is 10.2 Å². The van der Waals surface area contributed by atoms with E-state index in [2.05, 4.69) is 31.5 Å². The Morgan fingerprint density at radius 2 is 2.16 bits per heavy atom. The zero-order chi connectivity index (χ0) is 13.8. The van der Waals surface area contributed by atoms with Gasteiger partial charge in [-0.1, -0.05) is 26.7 Å². The lowest BCUT2D eigenvalue weighted by Gasteiger charge is -2.14.